The first-order chi connectivity index (χ1) is 20.6. The summed E-state index contributed by atoms with van der Waals surface area (Å²) >= 11 is 0. The fraction of sp³-hybridized carbons (Fsp3) is 0.536. The zero-order valence-electron chi connectivity index (χ0n) is 25.3. The van der Waals surface area contributed by atoms with E-state index in [1.165, 1.54) is 18.2 Å². The Morgan fingerprint density at radius 3 is 1.98 bits per heavy atom. The first-order valence-electron chi connectivity index (χ1n) is 13.3. The Morgan fingerprint density at radius 2 is 1.43 bits per heavy atom. The first-order valence-corrected chi connectivity index (χ1v) is 13.3. The van der Waals surface area contributed by atoms with Gasteiger partial charge in [0, 0.05) is 39.4 Å². The van der Waals surface area contributed by atoms with Crippen molar-refractivity contribution < 1.29 is 66.7 Å². The summed E-state index contributed by atoms with van der Waals surface area (Å²) < 4.78 is 37.4. The first kappa shape index (κ1) is 35.5. The molecule has 0 saturated carbocycles. The summed E-state index contributed by atoms with van der Waals surface area (Å²) in [4.78, 5) is 85.1. The van der Waals surface area contributed by atoms with Crippen molar-refractivity contribution in [1.29, 1.82) is 0 Å². The molecule has 1 aliphatic rings. The molecule has 1 aromatic rings. The standard InChI is InChI=1S/C28H36N2O14/c1-14(32)39-20-21(40-15(2)33)23(41-16(3)34)26(43-22(20)25(36)38-7)42-19-9-8-17(13-31)12-18(19)24(35)29-10-11-30-27(37)44-28(4,5)6/h8-9,12-13,20-23,26H,10-11H2,1-7H3,(H,29,35)(H,30,37)/t20-,21-,22-,23+,26+/m0/s1. The van der Waals surface area contributed by atoms with E-state index in [-0.39, 0.29) is 30.0 Å². The highest BCUT2D eigenvalue weighted by molar-refractivity contribution is 5.98. The number of carbonyl (C=O) groups is 7. The van der Waals surface area contributed by atoms with Gasteiger partial charge in [0.05, 0.1) is 12.7 Å². The van der Waals surface area contributed by atoms with Crippen LogP contribution in [0, 0.1) is 0 Å². The minimum Gasteiger partial charge on any atom is -0.467 e. The minimum atomic E-state index is -1.73. The predicted octanol–water partition coefficient (Wildman–Crippen LogP) is 0.825. The molecular weight excluding hydrogens is 588 g/mol. The van der Waals surface area contributed by atoms with E-state index >= 15 is 0 Å². The number of carbonyl (C=O) groups excluding carboxylic acids is 7. The number of hydrogen-bond donors (Lipinski definition) is 2. The molecule has 1 saturated heterocycles. The Hall–Kier alpha value is -4.73. The van der Waals surface area contributed by atoms with Crippen molar-refractivity contribution in [2.75, 3.05) is 20.2 Å². The molecule has 2 amide bonds. The number of ether oxygens (including phenoxy) is 7. The number of rotatable bonds is 11. The van der Waals surface area contributed by atoms with Crippen LogP contribution in [0.4, 0.5) is 4.79 Å². The molecule has 0 aliphatic carbocycles. The van der Waals surface area contributed by atoms with Gasteiger partial charge in [-0.15, -0.1) is 0 Å². The summed E-state index contributed by atoms with van der Waals surface area (Å²) in [7, 11) is 1.03. The normalized spacial score (nSPS) is 21.1. The smallest absolute Gasteiger partial charge is 0.407 e. The van der Waals surface area contributed by atoms with E-state index in [2.05, 4.69) is 10.6 Å². The molecule has 0 bridgehead atoms. The van der Waals surface area contributed by atoms with Crippen LogP contribution in [0.2, 0.25) is 0 Å². The second-order valence-corrected chi connectivity index (χ2v) is 10.3. The van der Waals surface area contributed by atoms with Crippen molar-refractivity contribution in [2.45, 2.75) is 77.8 Å². The molecular formula is C28H36N2O14. The van der Waals surface area contributed by atoms with Gasteiger partial charge in [0.15, 0.2) is 18.3 Å². The maximum atomic E-state index is 13.1. The number of esters is 4. The van der Waals surface area contributed by atoms with Crippen molar-refractivity contribution in [2.24, 2.45) is 0 Å². The van der Waals surface area contributed by atoms with Gasteiger partial charge in [0.25, 0.3) is 5.91 Å². The fourth-order valence-corrected chi connectivity index (χ4v) is 3.95. The fourth-order valence-electron chi connectivity index (χ4n) is 3.95. The summed E-state index contributed by atoms with van der Waals surface area (Å²) in [5, 5.41) is 5.04. The highest BCUT2D eigenvalue weighted by atomic mass is 16.7. The molecule has 44 heavy (non-hydrogen) atoms. The lowest BCUT2D eigenvalue weighted by atomic mass is 9.97. The number of nitrogens with one attached hydrogen (secondary N) is 2. The van der Waals surface area contributed by atoms with Gasteiger partial charge in [-0.3, -0.25) is 24.0 Å². The molecule has 0 unspecified atom stereocenters. The van der Waals surface area contributed by atoms with Crippen LogP contribution in [0.1, 0.15) is 62.3 Å². The van der Waals surface area contributed by atoms with Gasteiger partial charge in [-0.1, -0.05) is 0 Å². The minimum absolute atomic E-state index is 0.00706. The predicted molar refractivity (Wildman–Crippen MR) is 146 cm³/mol. The third-order valence-corrected chi connectivity index (χ3v) is 5.54. The van der Waals surface area contributed by atoms with Crippen LogP contribution >= 0.6 is 0 Å². The van der Waals surface area contributed by atoms with Gasteiger partial charge in [-0.25, -0.2) is 9.59 Å². The third kappa shape index (κ3) is 10.5. The lowest BCUT2D eigenvalue weighted by Gasteiger charge is -2.43. The summed E-state index contributed by atoms with van der Waals surface area (Å²) in [6.45, 7) is 8.12. The van der Waals surface area contributed by atoms with Crippen LogP contribution in [0.3, 0.4) is 0 Å². The molecule has 0 spiro atoms. The molecule has 2 N–H and O–H groups in total. The van der Waals surface area contributed by atoms with Crippen molar-refractivity contribution in [3.05, 3.63) is 29.3 Å². The molecule has 0 aromatic heterocycles. The molecule has 16 heteroatoms. The van der Waals surface area contributed by atoms with Gasteiger partial charge >= 0.3 is 30.0 Å². The number of aldehydes is 1. The van der Waals surface area contributed by atoms with E-state index < -0.39 is 72.2 Å². The Labute approximate surface area is 252 Å². The number of benzene rings is 1. The van der Waals surface area contributed by atoms with Gasteiger partial charge in [-0.2, -0.15) is 0 Å². The summed E-state index contributed by atoms with van der Waals surface area (Å²) in [5.41, 5.74) is -0.812. The van der Waals surface area contributed by atoms with Crippen molar-refractivity contribution in [3.8, 4) is 5.75 Å². The van der Waals surface area contributed by atoms with E-state index in [0.29, 0.717) is 6.29 Å². The average molecular weight is 625 g/mol. The largest absolute Gasteiger partial charge is 0.467 e. The Kier molecular flexibility index (Phi) is 12.6. The summed E-state index contributed by atoms with van der Waals surface area (Å²) in [5.74, 6) is -4.64. The van der Waals surface area contributed by atoms with Crippen LogP contribution in [-0.2, 0) is 47.6 Å². The van der Waals surface area contributed by atoms with E-state index in [9.17, 15) is 33.6 Å². The van der Waals surface area contributed by atoms with Gasteiger partial charge in [0.1, 0.15) is 17.6 Å². The molecule has 1 aromatic carbocycles. The Balaban J connectivity index is 2.42. The average Bonchev–Trinajstić information content (AvgIpc) is 2.91. The summed E-state index contributed by atoms with van der Waals surface area (Å²) in [6, 6.07) is 3.76. The number of amides is 2. The van der Waals surface area contributed by atoms with Crippen LogP contribution < -0.4 is 15.4 Å². The number of alkyl carbamates (subject to hydrolysis) is 1. The maximum Gasteiger partial charge on any atom is 0.407 e. The van der Waals surface area contributed by atoms with Gasteiger partial charge in [0.2, 0.25) is 12.4 Å². The second kappa shape index (κ2) is 15.7. The lowest BCUT2D eigenvalue weighted by molar-refractivity contribution is -0.282. The SMILES string of the molecule is COC(=O)[C@H]1O[C@@H](Oc2ccc(C=O)cc2C(=O)NCCNC(=O)OC(C)(C)C)[C@H](OC(C)=O)[C@@H](OC(C)=O)[C@@H]1OC(C)=O. The lowest BCUT2D eigenvalue weighted by Crippen LogP contribution is -2.64. The Bertz CT molecular complexity index is 1260. The number of methoxy groups -OCH3 is 1. The molecule has 2 rings (SSSR count). The van der Waals surface area contributed by atoms with Crippen LogP contribution in [0.15, 0.2) is 18.2 Å². The van der Waals surface area contributed by atoms with Crippen molar-refractivity contribution in [1.82, 2.24) is 10.6 Å². The van der Waals surface area contributed by atoms with Crippen molar-refractivity contribution >= 4 is 42.2 Å². The van der Waals surface area contributed by atoms with Crippen LogP contribution in [0.25, 0.3) is 0 Å². The van der Waals surface area contributed by atoms with Crippen LogP contribution in [0.5, 0.6) is 5.75 Å². The molecule has 1 aliphatic heterocycles. The molecule has 242 valence electrons. The zero-order valence-corrected chi connectivity index (χ0v) is 25.3. The molecule has 1 heterocycles. The quantitative estimate of drug-likeness (QED) is 0.151. The molecule has 5 atom stereocenters. The Morgan fingerprint density at radius 1 is 0.864 bits per heavy atom. The molecule has 0 radical (unpaired) electrons. The van der Waals surface area contributed by atoms with E-state index in [1.54, 1.807) is 20.8 Å². The zero-order chi connectivity index (χ0) is 33.2. The molecule has 1 fully saturated rings. The number of hydrogen-bond acceptors (Lipinski definition) is 14. The second-order valence-electron chi connectivity index (χ2n) is 10.3. The topological polar surface area (TPSA) is 208 Å². The van der Waals surface area contributed by atoms with Gasteiger partial charge < -0.3 is 43.8 Å². The highest BCUT2D eigenvalue weighted by Gasteiger charge is 2.56. The van der Waals surface area contributed by atoms with Crippen LogP contribution in [-0.4, -0.2) is 98.7 Å². The maximum absolute atomic E-state index is 13.1. The van der Waals surface area contributed by atoms with E-state index in [0.717, 1.165) is 27.9 Å². The monoisotopic (exact) mass is 624 g/mol. The highest BCUT2D eigenvalue weighted by Crippen LogP contribution is 2.32. The molecule has 16 nitrogen and oxygen atoms in total. The van der Waals surface area contributed by atoms with Gasteiger partial charge in [-0.05, 0) is 39.0 Å². The van der Waals surface area contributed by atoms with E-state index in [4.69, 9.17) is 33.2 Å². The third-order valence-electron chi connectivity index (χ3n) is 5.54. The summed E-state index contributed by atoms with van der Waals surface area (Å²) in [6.07, 6.45) is -8.53. The van der Waals surface area contributed by atoms with Crippen molar-refractivity contribution in [3.63, 3.8) is 0 Å². The van der Waals surface area contributed by atoms with E-state index in [1.807, 2.05) is 0 Å².